The molecule has 2 aromatic carbocycles. The maximum Gasteiger partial charge on any atom is 0.269 e. The number of hydrogen-bond acceptors (Lipinski definition) is 5. The van der Waals surface area contributed by atoms with Crippen LogP contribution in [0, 0.1) is 10.1 Å². The number of nitro benzene ring substituents is 1. The molecule has 3 rings (SSSR count). The number of nitrogens with zero attached hydrogens (tertiary/aromatic N) is 2. The molecule has 1 aliphatic heterocycles. The molecule has 1 unspecified atom stereocenters. The van der Waals surface area contributed by atoms with Crippen molar-refractivity contribution in [3.63, 3.8) is 0 Å². The van der Waals surface area contributed by atoms with E-state index in [1.807, 2.05) is 6.07 Å². The van der Waals surface area contributed by atoms with E-state index >= 15 is 0 Å². The minimum Gasteiger partial charge on any atom is -0.497 e. The highest BCUT2D eigenvalue weighted by molar-refractivity contribution is 5.94. The highest BCUT2D eigenvalue weighted by atomic mass is 35.5. The van der Waals surface area contributed by atoms with Crippen LogP contribution in [0.5, 0.6) is 5.75 Å². The van der Waals surface area contributed by atoms with Gasteiger partial charge >= 0.3 is 0 Å². The number of nitro groups is 1. The Bertz CT molecular complexity index is 842. The first-order valence-electron chi connectivity index (χ1n) is 8.93. The Labute approximate surface area is 170 Å². The lowest BCUT2D eigenvalue weighted by Crippen LogP contribution is -2.39. The standard InChI is InChI=1S/C20H23N3O4.ClH/c1-14-19-8-7-18(27-2)13-16(19)9-11-22(14)12-10-21-20(24)15-3-5-17(6-4-15)23(25)26;/h3-8,13-14H,9-12H2,1-2H3,(H,21,24);1H. The molecular formula is C20H24ClN3O4. The summed E-state index contributed by atoms with van der Waals surface area (Å²) in [5.41, 5.74) is 3.01. The van der Waals surface area contributed by atoms with Crippen LogP contribution >= 0.6 is 12.4 Å². The Balaban J connectivity index is 0.00000280. The SMILES string of the molecule is COc1ccc2c(c1)CCN(CCNC(=O)c1ccc([N+](=O)[O-])cc1)C2C.Cl. The van der Waals surface area contributed by atoms with Gasteiger partial charge < -0.3 is 10.1 Å². The van der Waals surface area contributed by atoms with Crippen LogP contribution in [-0.2, 0) is 6.42 Å². The number of fused-ring (bicyclic) bond motifs is 1. The number of non-ortho nitro benzene ring substituents is 1. The molecule has 0 saturated heterocycles. The zero-order valence-electron chi connectivity index (χ0n) is 15.9. The van der Waals surface area contributed by atoms with Crippen LogP contribution < -0.4 is 10.1 Å². The third-order valence-electron chi connectivity index (χ3n) is 5.04. The average Bonchev–Trinajstić information content (AvgIpc) is 2.69. The highest BCUT2D eigenvalue weighted by Gasteiger charge is 2.23. The monoisotopic (exact) mass is 405 g/mol. The van der Waals surface area contributed by atoms with Gasteiger partial charge in [0.25, 0.3) is 11.6 Å². The van der Waals surface area contributed by atoms with Crippen LogP contribution in [0.3, 0.4) is 0 Å². The van der Waals surface area contributed by atoms with Gasteiger partial charge in [-0.15, -0.1) is 12.4 Å². The number of benzene rings is 2. The summed E-state index contributed by atoms with van der Waals surface area (Å²) in [6.07, 6.45) is 0.952. The first-order chi connectivity index (χ1) is 13.0. The second kappa shape index (κ2) is 9.52. The molecule has 0 saturated carbocycles. The fraction of sp³-hybridized carbons (Fsp3) is 0.350. The summed E-state index contributed by atoms with van der Waals surface area (Å²) in [5, 5.41) is 13.6. The third kappa shape index (κ3) is 4.79. The Kier molecular flexibility index (Phi) is 7.37. The molecule has 1 heterocycles. The van der Waals surface area contributed by atoms with Gasteiger partial charge in [0.05, 0.1) is 12.0 Å². The lowest BCUT2D eigenvalue weighted by molar-refractivity contribution is -0.384. The minimum atomic E-state index is -0.479. The molecule has 150 valence electrons. The Hall–Kier alpha value is -2.64. The van der Waals surface area contributed by atoms with Gasteiger partial charge in [0.2, 0.25) is 0 Å². The number of carbonyl (C=O) groups excluding carboxylic acids is 1. The third-order valence-corrected chi connectivity index (χ3v) is 5.04. The van der Waals surface area contributed by atoms with Crippen molar-refractivity contribution in [3.8, 4) is 5.75 Å². The van der Waals surface area contributed by atoms with E-state index in [-0.39, 0.29) is 30.0 Å². The van der Waals surface area contributed by atoms with Gasteiger partial charge in [-0.25, -0.2) is 0 Å². The largest absolute Gasteiger partial charge is 0.497 e. The Morgan fingerprint density at radius 3 is 2.64 bits per heavy atom. The average molecular weight is 406 g/mol. The summed E-state index contributed by atoms with van der Waals surface area (Å²) in [5.74, 6) is 0.657. The van der Waals surface area contributed by atoms with E-state index in [4.69, 9.17) is 4.74 Å². The summed E-state index contributed by atoms with van der Waals surface area (Å²) >= 11 is 0. The van der Waals surface area contributed by atoms with E-state index in [1.54, 1.807) is 7.11 Å². The van der Waals surface area contributed by atoms with Crippen molar-refractivity contribution >= 4 is 24.0 Å². The number of amides is 1. The molecule has 7 nitrogen and oxygen atoms in total. The fourth-order valence-corrected chi connectivity index (χ4v) is 3.44. The van der Waals surface area contributed by atoms with Gasteiger partial charge in [-0.3, -0.25) is 19.8 Å². The van der Waals surface area contributed by atoms with Crippen molar-refractivity contribution in [2.24, 2.45) is 0 Å². The lowest BCUT2D eigenvalue weighted by Gasteiger charge is -2.35. The minimum absolute atomic E-state index is 0. The molecular weight excluding hydrogens is 382 g/mol. The summed E-state index contributed by atoms with van der Waals surface area (Å²) in [7, 11) is 1.67. The van der Waals surface area contributed by atoms with Crippen molar-refractivity contribution in [1.29, 1.82) is 0 Å². The first-order valence-corrected chi connectivity index (χ1v) is 8.93. The summed E-state index contributed by atoms with van der Waals surface area (Å²) < 4.78 is 5.30. The quantitative estimate of drug-likeness (QED) is 0.588. The normalized spacial score (nSPS) is 15.9. The van der Waals surface area contributed by atoms with Gasteiger partial charge in [-0.1, -0.05) is 6.07 Å². The van der Waals surface area contributed by atoms with Crippen LogP contribution in [-0.4, -0.2) is 42.5 Å². The maximum absolute atomic E-state index is 12.2. The number of nitrogens with one attached hydrogen (secondary N) is 1. The van der Waals surface area contributed by atoms with E-state index in [0.29, 0.717) is 12.1 Å². The zero-order valence-corrected chi connectivity index (χ0v) is 16.7. The number of rotatable bonds is 6. The number of hydrogen-bond donors (Lipinski definition) is 1. The molecule has 0 spiro atoms. The molecule has 2 aromatic rings. The smallest absolute Gasteiger partial charge is 0.269 e. The fourth-order valence-electron chi connectivity index (χ4n) is 3.44. The van der Waals surface area contributed by atoms with Gasteiger partial charge in [-0.2, -0.15) is 0 Å². The van der Waals surface area contributed by atoms with E-state index < -0.39 is 4.92 Å². The number of halogens is 1. The van der Waals surface area contributed by atoms with Crippen LogP contribution in [0.15, 0.2) is 42.5 Å². The molecule has 0 bridgehead atoms. The van der Waals surface area contributed by atoms with E-state index in [2.05, 4.69) is 29.3 Å². The zero-order chi connectivity index (χ0) is 19.4. The molecule has 28 heavy (non-hydrogen) atoms. The molecule has 0 aromatic heterocycles. The molecule has 8 heteroatoms. The number of methoxy groups -OCH3 is 1. The molecule has 1 amide bonds. The van der Waals surface area contributed by atoms with Crippen LogP contribution in [0.4, 0.5) is 5.69 Å². The second-order valence-corrected chi connectivity index (χ2v) is 6.59. The van der Waals surface area contributed by atoms with E-state index in [0.717, 1.165) is 25.3 Å². The molecule has 0 radical (unpaired) electrons. The Morgan fingerprint density at radius 1 is 1.29 bits per heavy atom. The van der Waals surface area contributed by atoms with Gasteiger partial charge in [0.15, 0.2) is 0 Å². The van der Waals surface area contributed by atoms with Crippen LogP contribution in [0.2, 0.25) is 0 Å². The predicted octanol–water partition coefficient (Wildman–Crippen LogP) is 3.37. The second-order valence-electron chi connectivity index (χ2n) is 6.59. The number of carbonyl (C=O) groups is 1. The molecule has 1 aliphatic rings. The summed E-state index contributed by atoms with van der Waals surface area (Å²) in [6.45, 7) is 4.36. The molecule has 1 N–H and O–H groups in total. The first kappa shape index (κ1) is 21.7. The predicted molar refractivity (Wildman–Crippen MR) is 109 cm³/mol. The Morgan fingerprint density at radius 2 is 2.00 bits per heavy atom. The summed E-state index contributed by atoms with van der Waals surface area (Å²) in [6, 6.07) is 12.1. The van der Waals surface area contributed by atoms with Gasteiger partial charge in [0, 0.05) is 43.4 Å². The van der Waals surface area contributed by atoms with Crippen molar-refractivity contribution < 1.29 is 14.5 Å². The summed E-state index contributed by atoms with van der Waals surface area (Å²) in [4.78, 5) is 24.7. The van der Waals surface area contributed by atoms with Crippen molar-refractivity contribution in [1.82, 2.24) is 10.2 Å². The van der Waals surface area contributed by atoms with E-state index in [9.17, 15) is 14.9 Å². The van der Waals surface area contributed by atoms with Crippen molar-refractivity contribution in [2.45, 2.75) is 19.4 Å². The molecule has 0 fully saturated rings. The van der Waals surface area contributed by atoms with Gasteiger partial charge in [0.1, 0.15) is 5.75 Å². The van der Waals surface area contributed by atoms with E-state index in [1.165, 1.54) is 35.4 Å². The van der Waals surface area contributed by atoms with Gasteiger partial charge in [-0.05, 0) is 48.7 Å². The van der Waals surface area contributed by atoms with Crippen LogP contribution in [0.1, 0.15) is 34.5 Å². The van der Waals surface area contributed by atoms with Crippen molar-refractivity contribution in [3.05, 3.63) is 69.3 Å². The maximum atomic E-state index is 12.2. The molecule has 1 atom stereocenters. The molecule has 0 aliphatic carbocycles. The topological polar surface area (TPSA) is 84.7 Å². The van der Waals surface area contributed by atoms with Crippen LogP contribution in [0.25, 0.3) is 0 Å². The lowest BCUT2D eigenvalue weighted by atomic mass is 9.93. The highest BCUT2D eigenvalue weighted by Crippen LogP contribution is 2.31. The van der Waals surface area contributed by atoms with Crippen molar-refractivity contribution in [2.75, 3.05) is 26.7 Å². The number of ether oxygens (including phenoxy) is 1.